The molecule has 1 amide bonds. The zero-order chi connectivity index (χ0) is 16.5. The fourth-order valence-corrected chi connectivity index (χ4v) is 4.03. The van der Waals surface area contributed by atoms with Crippen molar-refractivity contribution in [2.24, 2.45) is 11.7 Å². The highest BCUT2D eigenvalue weighted by molar-refractivity contribution is 5.87. The van der Waals surface area contributed by atoms with Gasteiger partial charge in [-0.1, -0.05) is 43.2 Å². The molecule has 3 rings (SSSR count). The molecule has 1 atom stereocenters. The van der Waals surface area contributed by atoms with Crippen molar-refractivity contribution < 1.29 is 9.90 Å². The van der Waals surface area contributed by atoms with Crippen molar-refractivity contribution >= 4 is 5.91 Å². The van der Waals surface area contributed by atoms with Gasteiger partial charge >= 0.3 is 0 Å². The summed E-state index contributed by atoms with van der Waals surface area (Å²) in [7, 11) is 0. The minimum absolute atomic E-state index is 0.0172. The molecule has 126 valence electrons. The predicted octanol–water partition coefficient (Wildman–Crippen LogP) is 2.40. The number of piperidine rings is 1. The van der Waals surface area contributed by atoms with Crippen LogP contribution in [0, 0.1) is 5.92 Å². The van der Waals surface area contributed by atoms with Gasteiger partial charge in [0.15, 0.2) is 5.60 Å². The summed E-state index contributed by atoms with van der Waals surface area (Å²) in [6, 6.07) is 9.48. The number of amides is 1. The van der Waals surface area contributed by atoms with Crippen molar-refractivity contribution in [1.29, 1.82) is 0 Å². The predicted molar refractivity (Wildman–Crippen MR) is 90.7 cm³/mol. The number of nitrogens with two attached hydrogens (primary N) is 1. The van der Waals surface area contributed by atoms with E-state index in [4.69, 9.17) is 5.73 Å². The van der Waals surface area contributed by atoms with E-state index in [0.717, 1.165) is 44.1 Å². The molecule has 1 aliphatic carbocycles. The van der Waals surface area contributed by atoms with Crippen molar-refractivity contribution in [3.05, 3.63) is 35.9 Å². The number of rotatable bonds is 3. The number of hydrogen-bond acceptors (Lipinski definition) is 3. The van der Waals surface area contributed by atoms with E-state index in [1.54, 1.807) is 0 Å². The Bertz CT molecular complexity index is 542. The average molecular weight is 316 g/mol. The second kappa shape index (κ2) is 6.25. The van der Waals surface area contributed by atoms with Crippen LogP contribution in [0.3, 0.4) is 0 Å². The van der Waals surface area contributed by atoms with Gasteiger partial charge < -0.3 is 15.7 Å². The van der Waals surface area contributed by atoms with Gasteiger partial charge in [-0.15, -0.1) is 0 Å². The first kappa shape index (κ1) is 16.5. The van der Waals surface area contributed by atoms with Crippen molar-refractivity contribution in [3.63, 3.8) is 0 Å². The van der Waals surface area contributed by atoms with E-state index in [0.29, 0.717) is 13.1 Å². The van der Waals surface area contributed by atoms with Crippen LogP contribution in [0.25, 0.3) is 0 Å². The second-order valence-electron chi connectivity index (χ2n) is 7.56. The third kappa shape index (κ3) is 3.15. The molecule has 1 aliphatic heterocycles. The van der Waals surface area contributed by atoms with Crippen LogP contribution in [0.1, 0.15) is 51.0 Å². The fraction of sp³-hybridized carbons (Fsp3) is 0.632. The Morgan fingerprint density at radius 3 is 2.35 bits per heavy atom. The number of aliphatic hydroxyl groups is 1. The van der Waals surface area contributed by atoms with Crippen molar-refractivity contribution in [1.82, 2.24) is 4.90 Å². The van der Waals surface area contributed by atoms with E-state index in [1.807, 2.05) is 42.2 Å². The van der Waals surface area contributed by atoms with Crippen LogP contribution in [0.15, 0.2) is 30.3 Å². The smallest absolute Gasteiger partial charge is 0.259 e. The Balaban J connectivity index is 1.88. The minimum atomic E-state index is -1.39. The van der Waals surface area contributed by atoms with Gasteiger partial charge in [-0.2, -0.15) is 0 Å². The summed E-state index contributed by atoms with van der Waals surface area (Å²) in [5.74, 6) is -0.116. The molecule has 4 nitrogen and oxygen atoms in total. The lowest BCUT2D eigenvalue weighted by molar-refractivity contribution is -0.161. The fourth-order valence-electron chi connectivity index (χ4n) is 4.03. The van der Waals surface area contributed by atoms with Crippen LogP contribution in [0.5, 0.6) is 0 Å². The summed E-state index contributed by atoms with van der Waals surface area (Å²) >= 11 is 0. The van der Waals surface area contributed by atoms with E-state index in [-0.39, 0.29) is 17.4 Å². The standard InChI is InChI=1S/C19H28N2O2/c1-18(20)11-13-21(14-12-18)17(22)19(23,16-9-5-6-10-16)15-7-3-2-4-8-15/h2-4,7-8,16,23H,5-6,9-14,20H2,1H3. The summed E-state index contributed by atoms with van der Waals surface area (Å²) in [6.07, 6.45) is 5.59. The summed E-state index contributed by atoms with van der Waals surface area (Å²) in [6.45, 7) is 3.30. The second-order valence-corrected chi connectivity index (χ2v) is 7.56. The molecule has 0 spiro atoms. The number of carbonyl (C=O) groups excluding carboxylic acids is 1. The molecule has 4 heteroatoms. The number of carbonyl (C=O) groups is 1. The molecule has 1 unspecified atom stereocenters. The molecule has 2 fully saturated rings. The number of likely N-dealkylation sites (tertiary alicyclic amines) is 1. The maximum atomic E-state index is 13.3. The maximum Gasteiger partial charge on any atom is 0.259 e. The monoisotopic (exact) mass is 316 g/mol. The average Bonchev–Trinajstić information content (AvgIpc) is 3.09. The summed E-state index contributed by atoms with van der Waals surface area (Å²) in [4.78, 5) is 15.1. The molecule has 1 saturated carbocycles. The SMILES string of the molecule is CC1(N)CCN(C(=O)C(O)(c2ccccc2)C2CCCC2)CC1. The first-order valence-corrected chi connectivity index (χ1v) is 8.80. The summed E-state index contributed by atoms with van der Waals surface area (Å²) in [5, 5.41) is 11.5. The Morgan fingerprint density at radius 2 is 1.78 bits per heavy atom. The van der Waals surface area contributed by atoms with Gasteiger partial charge in [0.2, 0.25) is 0 Å². The van der Waals surface area contributed by atoms with Crippen LogP contribution < -0.4 is 5.73 Å². The molecular weight excluding hydrogens is 288 g/mol. The highest BCUT2D eigenvalue weighted by Crippen LogP contribution is 2.42. The molecule has 1 saturated heterocycles. The van der Waals surface area contributed by atoms with Gasteiger partial charge in [-0.05, 0) is 38.2 Å². The normalized spacial score (nSPS) is 24.4. The Hall–Kier alpha value is -1.39. The third-order valence-corrected chi connectivity index (χ3v) is 5.68. The van der Waals surface area contributed by atoms with Crippen LogP contribution in [-0.2, 0) is 10.4 Å². The van der Waals surface area contributed by atoms with Gasteiger partial charge in [0, 0.05) is 24.5 Å². The Morgan fingerprint density at radius 1 is 1.22 bits per heavy atom. The summed E-state index contributed by atoms with van der Waals surface area (Å²) in [5.41, 5.74) is 5.33. The number of nitrogens with zero attached hydrogens (tertiary/aromatic N) is 1. The molecule has 1 heterocycles. The van der Waals surface area contributed by atoms with Gasteiger partial charge in [0.05, 0.1) is 0 Å². The van der Waals surface area contributed by atoms with Gasteiger partial charge in [0.25, 0.3) is 5.91 Å². The van der Waals surface area contributed by atoms with Gasteiger partial charge in [-0.25, -0.2) is 0 Å². The molecule has 23 heavy (non-hydrogen) atoms. The lowest BCUT2D eigenvalue weighted by Crippen LogP contribution is -2.56. The van der Waals surface area contributed by atoms with Gasteiger partial charge in [0.1, 0.15) is 0 Å². The van der Waals surface area contributed by atoms with Crippen molar-refractivity contribution in [2.75, 3.05) is 13.1 Å². The quantitative estimate of drug-likeness (QED) is 0.900. The maximum absolute atomic E-state index is 13.3. The third-order valence-electron chi connectivity index (χ3n) is 5.68. The zero-order valence-electron chi connectivity index (χ0n) is 14.0. The highest BCUT2D eigenvalue weighted by atomic mass is 16.3. The zero-order valence-corrected chi connectivity index (χ0v) is 14.0. The van der Waals surface area contributed by atoms with Crippen molar-refractivity contribution in [3.8, 4) is 0 Å². The van der Waals surface area contributed by atoms with E-state index in [2.05, 4.69) is 0 Å². The largest absolute Gasteiger partial charge is 0.375 e. The highest BCUT2D eigenvalue weighted by Gasteiger charge is 2.49. The molecule has 0 radical (unpaired) electrons. The van der Waals surface area contributed by atoms with Crippen LogP contribution in [0.4, 0.5) is 0 Å². The number of hydrogen-bond donors (Lipinski definition) is 2. The first-order chi connectivity index (χ1) is 10.9. The van der Waals surface area contributed by atoms with E-state index in [1.165, 1.54) is 0 Å². The lowest BCUT2D eigenvalue weighted by atomic mass is 9.78. The topological polar surface area (TPSA) is 66.6 Å². The van der Waals surface area contributed by atoms with Gasteiger partial charge in [-0.3, -0.25) is 4.79 Å². The summed E-state index contributed by atoms with van der Waals surface area (Å²) < 4.78 is 0. The van der Waals surface area contributed by atoms with Crippen LogP contribution >= 0.6 is 0 Å². The minimum Gasteiger partial charge on any atom is -0.375 e. The molecule has 3 N–H and O–H groups in total. The molecule has 0 aromatic heterocycles. The molecule has 0 bridgehead atoms. The van der Waals surface area contributed by atoms with E-state index in [9.17, 15) is 9.90 Å². The Labute approximate surface area is 138 Å². The van der Waals surface area contributed by atoms with Crippen LogP contribution in [-0.4, -0.2) is 34.5 Å². The first-order valence-electron chi connectivity index (χ1n) is 8.80. The molecular formula is C19H28N2O2. The molecule has 1 aromatic carbocycles. The Kier molecular flexibility index (Phi) is 4.47. The van der Waals surface area contributed by atoms with E-state index < -0.39 is 5.60 Å². The molecule has 1 aromatic rings. The van der Waals surface area contributed by atoms with Crippen molar-refractivity contribution in [2.45, 2.75) is 56.6 Å². The van der Waals surface area contributed by atoms with Crippen LogP contribution in [0.2, 0.25) is 0 Å². The lowest BCUT2D eigenvalue weighted by Gasteiger charge is -2.42. The van der Waals surface area contributed by atoms with E-state index >= 15 is 0 Å². The molecule has 2 aliphatic rings. The number of benzene rings is 1.